The van der Waals surface area contributed by atoms with Crippen molar-refractivity contribution in [1.82, 2.24) is 9.55 Å². The van der Waals surface area contributed by atoms with Crippen LogP contribution in [0.15, 0.2) is 47.5 Å². The first-order valence-corrected chi connectivity index (χ1v) is 7.61. The second-order valence-electron chi connectivity index (χ2n) is 5.31. The Morgan fingerprint density at radius 3 is 2.77 bits per heavy atom. The number of rotatable bonds is 4. The Kier molecular flexibility index (Phi) is 4.63. The van der Waals surface area contributed by atoms with Crippen LogP contribution in [0.5, 0.6) is 0 Å². The third-order valence-electron chi connectivity index (χ3n) is 3.54. The third-order valence-corrected chi connectivity index (χ3v) is 3.77. The second-order valence-corrected chi connectivity index (χ2v) is 5.74. The van der Waals surface area contributed by atoms with Gasteiger partial charge >= 0.3 is 0 Å². The number of non-ortho nitro benzene ring substituents is 1. The molecule has 0 saturated carbocycles. The fraction of sp³-hybridized carbons (Fsp3) is 0.0625. The maximum absolute atomic E-state index is 13.7. The van der Waals surface area contributed by atoms with Gasteiger partial charge in [0, 0.05) is 17.2 Å². The van der Waals surface area contributed by atoms with Crippen molar-refractivity contribution < 1.29 is 14.1 Å². The molecule has 3 rings (SSSR count). The van der Waals surface area contributed by atoms with E-state index in [0.717, 1.165) is 17.0 Å². The zero-order valence-electron chi connectivity index (χ0n) is 13.0. The summed E-state index contributed by atoms with van der Waals surface area (Å²) in [6.45, 7) is -0.402. The van der Waals surface area contributed by atoms with Crippen LogP contribution in [0.4, 0.5) is 15.8 Å². The number of aromatic nitrogens is 2. The molecule has 8 nitrogen and oxygen atoms in total. The number of carbonyl (C=O) groups is 1. The number of hydrogen-bond acceptors (Lipinski definition) is 5. The van der Waals surface area contributed by atoms with Crippen molar-refractivity contribution >= 4 is 39.8 Å². The first-order valence-electron chi connectivity index (χ1n) is 7.23. The molecule has 0 aliphatic carbocycles. The maximum atomic E-state index is 13.7. The third kappa shape index (κ3) is 3.52. The Labute approximate surface area is 150 Å². The molecule has 0 spiro atoms. The van der Waals surface area contributed by atoms with E-state index in [1.165, 1.54) is 30.3 Å². The number of benzene rings is 2. The molecule has 0 fully saturated rings. The van der Waals surface area contributed by atoms with Gasteiger partial charge < -0.3 is 5.32 Å². The van der Waals surface area contributed by atoms with Crippen molar-refractivity contribution in [1.29, 1.82) is 0 Å². The Bertz CT molecular complexity index is 1100. The van der Waals surface area contributed by atoms with Gasteiger partial charge in [0.25, 0.3) is 11.2 Å². The number of halogens is 2. The van der Waals surface area contributed by atoms with Gasteiger partial charge in [-0.2, -0.15) is 0 Å². The van der Waals surface area contributed by atoms with E-state index in [0.29, 0.717) is 0 Å². The highest BCUT2D eigenvalue weighted by Gasteiger charge is 2.13. The molecule has 10 heteroatoms. The normalized spacial score (nSPS) is 10.7. The van der Waals surface area contributed by atoms with Crippen LogP contribution in [0, 0.1) is 15.9 Å². The van der Waals surface area contributed by atoms with Crippen LogP contribution in [-0.2, 0) is 11.3 Å². The van der Waals surface area contributed by atoms with Crippen molar-refractivity contribution in [3.05, 3.63) is 74.0 Å². The highest BCUT2D eigenvalue weighted by molar-refractivity contribution is 6.30. The topological polar surface area (TPSA) is 107 Å². The van der Waals surface area contributed by atoms with Crippen LogP contribution in [-0.4, -0.2) is 20.4 Å². The number of fused-ring (bicyclic) bond motifs is 1. The lowest BCUT2D eigenvalue weighted by molar-refractivity contribution is -0.384. The predicted octanol–water partition coefficient (Wildman–Crippen LogP) is 2.74. The van der Waals surface area contributed by atoms with Crippen molar-refractivity contribution in [2.45, 2.75) is 6.54 Å². The minimum absolute atomic E-state index is 0.0724. The average Bonchev–Trinajstić information content (AvgIpc) is 2.59. The molecular weight excluding hydrogens is 367 g/mol. The van der Waals surface area contributed by atoms with Gasteiger partial charge in [0.15, 0.2) is 0 Å². The lowest BCUT2D eigenvalue weighted by Gasteiger charge is -2.09. The Morgan fingerprint density at radius 2 is 2.08 bits per heavy atom. The van der Waals surface area contributed by atoms with E-state index in [4.69, 9.17) is 11.6 Å². The van der Waals surface area contributed by atoms with Gasteiger partial charge in [-0.25, -0.2) is 9.37 Å². The summed E-state index contributed by atoms with van der Waals surface area (Å²) in [6.07, 6.45) is 1.10. The fourth-order valence-electron chi connectivity index (χ4n) is 2.31. The molecule has 3 aromatic rings. The first-order chi connectivity index (χ1) is 12.3. The number of nitrogens with one attached hydrogen (secondary N) is 1. The highest BCUT2D eigenvalue weighted by atomic mass is 35.5. The number of nitro groups is 1. The molecule has 0 radical (unpaired) electrons. The molecule has 1 N–H and O–H groups in total. The van der Waals surface area contributed by atoms with Crippen LogP contribution >= 0.6 is 11.6 Å². The smallest absolute Gasteiger partial charge is 0.271 e. The lowest BCUT2D eigenvalue weighted by Crippen LogP contribution is -2.28. The van der Waals surface area contributed by atoms with E-state index in [1.807, 2.05) is 0 Å². The lowest BCUT2D eigenvalue weighted by atomic mass is 10.2. The van der Waals surface area contributed by atoms with E-state index in [-0.39, 0.29) is 27.3 Å². The first kappa shape index (κ1) is 17.5. The van der Waals surface area contributed by atoms with Gasteiger partial charge in [-0.05, 0) is 24.3 Å². The molecule has 0 unspecified atom stereocenters. The van der Waals surface area contributed by atoms with Gasteiger partial charge in [-0.15, -0.1) is 0 Å². The van der Waals surface area contributed by atoms with Gasteiger partial charge in [0.2, 0.25) is 5.91 Å². The fourth-order valence-corrected chi connectivity index (χ4v) is 2.47. The molecule has 0 aliphatic rings. The van der Waals surface area contributed by atoms with Crippen molar-refractivity contribution in [3.8, 4) is 0 Å². The van der Waals surface area contributed by atoms with Gasteiger partial charge in [0.1, 0.15) is 12.4 Å². The SMILES string of the molecule is O=C(Cn1cnc2cc([N+](=O)[O-])ccc2c1=O)Nc1ccc(Cl)cc1F. The second kappa shape index (κ2) is 6.89. The molecule has 0 bridgehead atoms. The highest BCUT2D eigenvalue weighted by Crippen LogP contribution is 2.19. The molecule has 1 amide bonds. The summed E-state index contributed by atoms with van der Waals surface area (Å²) >= 11 is 5.64. The van der Waals surface area contributed by atoms with Crippen LogP contribution in [0.25, 0.3) is 10.9 Å². The van der Waals surface area contributed by atoms with E-state index in [1.54, 1.807) is 0 Å². The molecule has 132 valence electrons. The number of nitrogens with zero attached hydrogens (tertiary/aromatic N) is 3. The van der Waals surface area contributed by atoms with Crippen molar-refractivity contribution in [2.75, 3.05) is 5.32 Å². The molecule has 2 aromatic carbocycles. The molecular formula is C16H10ClFN4O4. The minimum atomic E-state index is -0.706. The maximum Gasteiger partial charge on any atom is 0.271 e. The summed E-state index contributed by atoms with van der Waals surface area (Å²) in [5.41, 5.74) is -0.670. The standard InChI is InChI=1S/C16H10ClFN4O4/c17-9-1-4-13(12(18)5-9)20-15(23)7-21-8-19-14-6-10(22(25)26)2-3-11(14)16(21)24/h1-6,8H,7H2,(H,20,23). The van der Waals surface area contributed by atoms with E-state index in [9.17, 15) is 24.1 Å². The van der Waals surface area contributed by atoms with Gasteiger partial charge in [-0.1, -0.05) is 11.6 Å². The molecule has 0 aliphatic heterocycles. The summed E-state index contributed by atoms with van der Waals surface area (Å²) in [7, 11) is 0. The minimum Gasteiger partial charge on any atom is -0.322 e. The van der Waals surface area contributed by atoms with E-state index in [2.05, 4.69) is 10.3 Å². The Balaban J connectivity index is 1.85. The van der Waals surface area contributed by atoms with Crippen molar-refractivity contribution in [3.63, 3.8) is 0 Å². The summed E-state index contributed by atoms with van der Waals surface area (Å²) < 4.78 is 14.7. The number of anilines is 1. The van der Waals surface area contributed by atoms with E-state index < -0.39 is 28.8 Å². The van der Waals surface area contributed by atoms with Crippen LogP contribution in [0.2, 0.25) is 5.02 Å². The average molecular weight is 377 g/mol. The zero-order valence-corrected chi connectivity index (χ0v) is 13.7. The van der Waals surface area contributed by atoms with Crippen LogP contribution < -0.4 is 10.9 Å². The summed E-state index contributed by atoms with van der Waals surface area (Å²) in [5.74, 6) is -1.35. The van der Waals surface area contributed by atoms with E-state index >= 15 is 0 Å². The molecule has 0 atom stereocenters. The van der Waals surface area contributed by atoms with Gasteiger partial charge in [0.05, 0.1) is 27.8 Å². The van der Waals surface area contributed by atoms with Gasteiger partial charge in [-0.3, -0.25) is 24.3 Å². The largest absolute Gasteiger partial charge is 0.322 e. The number of amides is 1. The molecule has 26 heavy (non-hydrogen) atoms. The molecule has 0 saturated heterocycles. The number of hydrogen-bond donors (Lipinski definition) is 1. The quantitative estimate of drug-likeness (QED) is 0.556. The van der Waals surface area contributed by atoms with Crippen LogP contribution in [0.1, 0.15) is 0 Å². The summed E-state index contributed by atoms with van der Waals surface area (Å²) in [5, 5.41) is 13.4. The van der Waals surface area contributed by atoms with Crippen LogP contribution in [0.3, 0.4) is 0 Å². The monoisotopic (exact) mass is 376 g/mol. The van der Waals surface area contributed by atoms with Crippen molar-refractivity contribution in [2.24, 2.45) is 0 Å². The zero-order chi connectivity index (χ0) is 18.8. The number of carbonyl (C=O) groups excluding carboxylic acids is 1. The Hall–Kier alpha value is -3.33. The molecule has 1 aromatic heterocycles. The summed E-state index contributed by atoms with van der Waals surface area (Å²) in [4.78, 5) is 38.6. The predicted molar refractivity (Wildman–Crippen MR) is 92.7 cm³/mol. The molecule has 1 heterocycles. The number of nitro benzene ring substituents is 1. The Morgan fingerprint density at radius 1 is 1.31 bits per heavy atom. The summed E-state index contributed by atoms with van der Waals surface area (Å²) in [6, 6.07) is 7.39.